The third-order valence-corrected chi connectivity index (χ3v) is 3.60. The Morgan fingerprint density at radius 2 is 1.92 bits per heavy atom. The summed E-state index contributed by atoms with van der Waals surface area (Å²) < 4.78 is 0. The van der Waals surface area contributed by atoms with E-state index in [0.717, 1.165) is 6.42 Å². The summed E-state index contributed by atoms with van der Waals surface area (Å²) in [7, 11) is 0. The van der Waals surface area contributed by atoms with Crippen molar-refractivity contribution in [1.82, 2.24) is 0 Å². The lowest BCUT2D eigenvalue weighted by Gasteiger charge is -2.19. The van der Waals surface area contributed by atoms with Crippen LogP contribution in [0, 0.1) is 11.3 Å². The van der Waals surface area contributed by atoms with Crippen molar-refractivity contribution in [3.8, 4) is 0 Å². The molecule has 4 atom stereocenters. The quantitative estimate of drug-likeness (QED) is 0.566. The largest absolute Gasteiger partial charge is 0.481 e. The highest BCUT2D eigenvalue weighted by Crippen LogP contribution is 2.62. The fourth-order valence-electron chi connectivity index (χ4n) is 2.74. The molecule has 0 heterocycles. The molecule has 2 saturated carbocycles. The molecule has 2 fully saturated rings. The van der Waals surface area contributed by atoms with E-state index in [0.29, 0.717) is 12.8 Å². The van der Waals surface area contributed by atoms with Crippen LogP contribution in [0.4, 0.5) is 0 Å². The number of aliphatic carboxylic acids is 1. The van der Waals surface area contributed by atoms with Gasteiger partial charge >= 0.3 is 5.97 Å². The van der Waals surface area contributed by atoms with E-state index < -0.39 is 23.6 Å². The highest BCUT2D eigenvalue weighted by molar-refractivity contribution is 5.67. The molecule has 0 aromatic rings. The Bertz CT molecular complexity index is 240. The lowest BCUT2D eigenvalue weighted by atomic mass is 9.88. The second kappa shape index (κ2) is 2.69. The summed E-state index contributed by atoms with van der Waals surface area (Å²) in [6.45, 7) is 0. The molecule has 0 radical (unpaired) electrons. The normalized spacial score (nSPS) is 48.3. The van der Waals surface area contributed by atoms with E-state index >= 15 is 0 Å². The minimum Gasteiger partial charge on any atom is -0.481 e. The van der Waals surface area contributed by atoms with Gasteiger partial charge < -0.3 is 15.3 Å². The molecule has 2 aliphatic carbocycles. The number of rotatable bonds is 2. The van der Waals surface area contributed by atoms with Crippen LogP contribution in [-0.2, 0) is 4.79 Å². The summed E-state index contributed by atoms with van der Waals surface area (Å²) in [5.74, 6) is -0.868. The Labute approximate surface area is 76.2 Å². The molecule has 0 aromatic carbocycles. The second-order valence-corrected chi connectivity index (χ2v) is 4.22. The van der Waals surface area contributed by atoms with Gasteiger partial charge in [0.25, 0.3) is 0 Å². The van der Waals surface area contributed by atoms with Gasteiger partial charge in [0, 0.05) is 11.8 Å². The van der Waals surface area contributed by atoms with Crippen molar-refractivity contribution in [2.24, 2.45) is 11.3 Å². The molecule has 13 heavy (non-hydrogen) atoms. The smallest absolute Gasteiger partial charge is 0.303 e. The average molecular weight is 186 g/mol. The van der Waals surface area contributed by atoms with Crippen molar-refractivity contribution < 1.29 is 20.1 Å². The van der Waals surface area contributed by atoms with Gasteiger partial charge in [0.2, 0.25) is 0 Å². The van der Waals surface area contributed by atoms with E-state index in [2.05, 4.69) is 0 Å². The highest BCUT2D eigenvalue weighted by Gasteiger charge is 2.65. The summed E-state index contributed by atoms with van der Waals surface area (Å²) in [6, 6.07) is 0. The van der Waals surface area contributed by atoms with Crippen LogP contribution in [0.1, 0.15) is 25.7 Å². The Balaban J connectivity index is 2.09. The van der Waals surface area contributed by atoms with Crippen LogP contribution in [0.2, 0.25) is 0 Å². The summed E-state index contributed by atoms with van der Waals surface area (Å²) >= 11 is 0. The van der Waals surface area contributed by atoms with Crippen LogP contribution in [-0.4, -0.2) is 33.5 Å². The predicted octanol–water partition coefficient (Wildman–Crippen LogP) is -0.0170. The Morgan fingerprint density at radius 1 is 1.31 bits per heavy atom. The molecule has 4 heteroatoms. The van der Waals surface area contributed by atoms with Gasteiger partial charge in [-0.2, -0.15) is 0 Å². The topological polar surface area (TPSA) is 77.8 Å². The first-order chi connectivity index (χ1) is 6.07. The van der Waals surface area contributed by atoms with Gasteiger partial charge in [0.05, 0.1) is 12.2 Å². The van der Waals surface area contributed by atoms with E-state index in [4.69, 9.17) is 5.11 Å². The second-order valence-electron chi connectivity index (χ2n) is 4.22. The molecule has 0 saturated heterocycles. The highest BCUT2D eigenvalue weighted by atomic mass is 16.4. The predicted molar refractivity (Wildman–Crippen MR) is 44.0 cm³/mol. The fraction of sp³-hybridized carbons (Fsp3) is 0.889. The van der Waals surface area contributed by atoms with Crippen molar-refractivity contribution in [2.75, 3.05) is 0 Å². The minimum absolute atomic E-state index is 0.0324. The first-order valence-corrected chi connectivity index (χ1v) is 4.65. The van der Waals surface area contributed by atoms with Crippen molar-refractivity contribution in [1.29, 1.82) is 0 Å². The van der Waals surface area contributed by atoms with Crippen LogP contribution in [0.5, 0.6) is 0 Å². The van der Waals surface area contributed by atoms with E-state index in [1.165, 1.54) is 0 Å². The molecule has 3 N–H and O–H groups in total. The van der Waals surface area contributed by atoms with E-state index in [1.54, 1.807) is 0 Å². The molecule has 0 bridgehead atoms. The molecule has 0 aromatic heterocycles. The maximum atomic E-state index is 10.5. The molecule has 2 unspecified atom stereocenters. The van der Waals surface area contributed by atoms with Gasteiger partial charge in [0.15, 0.2) is 0 Å². The maximum Gasteiger partial charge on any atom is 0.303 e. The van der Waals surface area contributed by atoms with Crippen molar-refractivity contribution in [3.63, 3.8) is 0 Å². The Morgan fingerprint density at radius 3 is 2.38 bits per heavy atom. The SMILES string of the molecule is O=C(O)C[C@@H]1CC[C@H](O)C12CC2O. The van der Waals surface area contributed by atoms with E-state index in [-0.39, 0.29) is 12.3 Å². The van der Waals surface area contributed by atoms with Crippen molar-refractivity contribution >= 4 is 5.97 Å². The molecule has 2 rings (SSSR count). The fourth-order valence-corrected chi connectivity index (χ4v) is 2.74. The minimum atomic E-state index is -0.836. The molecule has 1 spiro atoms. The van der Waals surface area contributed by atoms with Crippen LogP contribution in [0.3, 0.4) is 0 Å². The summed E-state index contributed by atoms with van der Waals surface area (Å²) in [5.41, 5.74) is -0.460. The van der Waals surface area contributed by atoms with Crippen molar-refractivity contribution in [3.05, 3.63) is 0 Å². The van der Waals surface area contributed by atoms with Crippen molar-refractivity contribution in [2.45, 2.75) is 37.9 Å². The summed E-state index contributed by atoms with van der Waals surface area (Å²) in [4.78, 5) is 10.5. The number of aliphatic hydroxyl groups excluding tert-OH is 2. The van der Waals surface area contributed by atoms with Crippen LogP contribution >= 0.6 is 0 Å². The van der Waals surface area contributed by atoms with Crippen LogP contribution in [0.15, 0.2) is 0 Å². The zero-order valence-corrected chi connectivity index (χ0v) is 7.31. The molecule has 0 aliphatic heterocycles. The number of carboxylic acids is 1. The number of aliphatic hydroxyl groups is 2. The Kier molecular flexibility index (Phi) is 1.85. The summed E-state index contributed by atoms with van der Waals surface area (Å²) in [6.07, 6.45) is 1.04. The molecular formula is C9H14O4. The third-order valence-electron chi connectivity index (χ3n) is 3.60. The number of hydrogen-bond acceptors (Lipinski definition) is 3. The number of carbonyl (C=O) groups is 1. The molecular weight excluding hydrogens is 172 g/mol. The van der Waals surface area contributed by atoms with Gasteiger partial charge in [-0.05, 0) is 25.2 Å². The lowest BCUT2D eigenvalue weighted by molar-refractivity contribution is -0.138. The number of carboxylic acid groups (broad SMARTS) is 1. The first-order valence-electron chi connectivity index (χ1n) is 4.65. The molecule has 74 valence electrons. The summed E-state index contributed by atoms with van der Waals surface area (Å²) in [5, 5.41) is 27.7. The average Bonchev–Trinajstić information content (AvgIpc) is 2.62. The van der Waals surface area contributed by atoms with Crippen LogP contribution < -0.4 is 0 Å². The van der Waals surface area contributed by atoms with E-state index in [1.807, 2.05) is 0 Å². The lowest BCUT2D eigenvalue weighted by Crippen LogP contribution is -2.26. The van der Waals surface area contributed by atoms with Gasteiger partial charge in [-0.15, -0.1) is 0 Å². The molecule has 4 nitrogen and oxygen atoms in total. The van der Waals surface area contributed by atoms with Gasteiger partial charge in [-0.3, -0.25) is 4.79 Å². The van der Waals surface area contributed by atoms with Gasteiger partial charge in [-0.25, -0.2) is 0 Å². The number of hydrogen-bond donors (Lipinski definition) is 3. The molecule has 0 amide bonds. The van der Waals surface area contributed by atoms with Gasteiger partial charge in [-0.1, -0.05) is 0 Å². The third kappa shape index (κ3) is 1.16. The standard InChI is InChI=1S/C9H14O4/c10-6-2-1-5(3-8(12)13)9(6)4-7(9)11/h5-7,10-11H,1-4H2,(H,12,13)/t5-,6-,7?,9?/m0/s1. The zero-order valence-electron chi connectivity index (χ0n) is 7.31. The molecule has 2 aliphatic rings. The first kappa shape index (κ1) is 8.97. The maximum absolute atomic E-state index is 10.5. The van der Waals surface area contributed by atoms with Gasteiger partial charge in [0.1, 0.15) is 0 Å². The van der Waals surface area contributed by atoms with E-state index in [9.17, 15) is 15.0 Å². The monoisotopic (exact) mass is 186 g/mol. The zero-order chi connectivity index (χ0) is 9.64. The van der Waals surface area contributed by atoms with Crippen LogP contribution in [0.25, 0.3) is 0 Å². The Hall–Kier alpha value is -0.610.